The maximum atomic E-state index is 12.2. The molecular weight excluding hydrogens is 264 g/mol. The SMILES string of the molecule is Cc1cc(N)ccc1NC(=O)[C@H](C)Oc1ccccc1C. The van der Waals surface area contributed by atoms with Gasteiger partial charge in [-0.25, -0.2) is 0 Å². The van der Waals surface area contributed by atoms with Gasteiger partial charge in [0.15, 0.2) is 6.10 Å². The van der Waals surface area contributed by atoms with Crippen molar-refractivity contribution in [1.29, 1.82) is 0 Å². The van der Waals surface area contributed by atoms with Gasteiger partial charge in [0, 0.05) is 11.4 Å². The van der Waals surface area contributed by atoms with Crippen LogP contribution in [-0.4, -0.2) is 12.0 Å². The highest BCUT2D eigenvalue weighted by Crippen LogP contribution is 2.20. The van der Waals surface area contributed by atoms with E-state index in [1.54, 1.807) is 19.1 Å². The fourth-order valence-corrected chi connectivity index (χ4v) is 1.99. The van der Waals surface area contributed by atoms with Gasteiger partial charge in [-0.2, -0.15) is 0 Å². The second kappa shape index (κ2) is 6.31. The number of benzene rings is 2. The maximum Gasteiger partial charge on any atom is 0.265 e. The third-order valence-corrected chi connectivity index (χ3v) is 3.27. The Bertz CT molecular complexity index is 653. The van der Waals surface area contributed by atoms with E-state index in [9.17, 15) is 4.79 Å². The monoisotopic (exact) mass is 284 g/mol. The van der Waals surface area contributed by atoms with E-state index in [0.717, 1.165) is 16.8 Å². The number of hydrogen-bond acceptors (Lipinski definition) is 3. The molecule has 0 unspecified atom stereocenters. The van der Waals surface area contributed by atoms with Crippen LogP contribution in [0, 0.1) is 13.8 Å². The van der Waals surface area contributed by atoms with Crippen molar-refractivity contribution < 1.29 is 9.53 Å². The number of aryl methyl sites for hydroxylation is 2. The van der Waals surface area contributed by atoms with E-state index in [-0.39, 0.29) is 5.91 Å². The molecule has 3 N–H and O–H groups in total. The van der Waals surface area contributed by atoms with Crippen LogP contribution in [0.5, 0.6) is 5.75 Å². The standard InChI is InChI=1S/C17H20N2O2/c1-11-6-4-5-7-16(11)21-13(3)17(20)19-15-9-8-14(18)10-12(15)2/h4-10,13H,18H2,1-3H3,(H,19,20)/t13-/m0/s1. The van der Waals surface area contributed by atoms with Gasteiger partial charge in [0.2, 0.25) is 0 Å². The summed E-state index contributed by atoms with van der Waals surface area (Å²) in [6, 6.07) is 13.0. The minimum absolute atomic E-state index is 0.189. The van der Waals surface area contributed by atoms with Crippen molar-refractivity contribution in [2.24, 2.45) is 0 Å². The number of hydrogen-bond donors (Lipinski definition) is 2. The van der Waals surface area contributed by atoms with E-state index in [2.05, 4.69) is 5.32 Å². The summed E-state index contributed by atoms with van der Waals surface area (Å²) in [5.41, 5.74) is 9.04. The number of nitrogens with two attached hydrogens (primary N) is 1. The lowest BCUT2D eigenvalue weighted by molar-refractivity contribution is -0.122. The zero-order valence-corrected chi connectivity index (χ0v) is 12.5. The molecule has 0 saturated carbocycles. The van der Waals surface area contributed by atoms with Gasteiger partial charge >= 0.3 is 0 Å². The zero-order valence-electron chi connectivity index (χ0n) is 12.5. The molecule has 0 aliphatic carbocycles. The summed E-state index contributed by atoms with van der Waals surface area (Å²) in [5, 5.41) is 2.86. The predicted molar refractivity (Wildman–Crippen MR) is 85.5 cm³/mol. The first kappa shape index (κ1) is 14.9. The maximum absolute atomic E-state index is 12.2. The molecule has 2 rings (SSSR count). The van der Waals surface area contributed by atoms with Crippen molar-refractivity contribution in [1.82, 2.24) is 0 Å². The first-order valence-electron chi connectivity index (χ1n) is 6.86. The summed E-state index contributed by atoms with van der Waals surface area (Å²) in [6.07, 6.45) is -0.581. The third kappa shape index (κ3) is 3.75. The molecule has 1 atom stereocenters. The molecule has 0 fully saturated rings. The highest BCUT2D eigenvalue weighted by Gasteiger charge is 2.16. The Kier molecular flexibility index (Phi) is 4.48. The number of nitrogens with one attached hydrogen (secondary N) is 1. The van der Waals surface area contributed by atoms with Crippen LogP contribution in [0.4, 0.5) is 11.4 Å². The Morgan fingerprint density at radius 1 is 1.14 bits per heavy atom. The average Bonchev–Trinajstić information content (AvgIpc) is 2.44. The molecule has 21 heavy (non-hydrogen) atoms. The van der Waals surface area contributed by atoms with Gasteiger partial charge in [-0.05, 0) is 56.2 Å². The number of carbonyl (C=O) groups excluding carboxylic acids is 1. The molecule has 0 aliphatic heterocycles. The molecule has 4 heteroatoms. The van der Waals surface area contributed by atoms with Gasteiger partial charge in [0.1, 0.15) is 5.75 Å². The molecule has 4 nitrogen and oxygen atoms in total. The number of carbonyl (C=O) groups is 1. The lowest BCUT2D eigenvalue weighted by atomic mass is 10.1. The van der Waals surface area contributed by atoms with Crippen molar-refractivity contribution >= 4 is 17.3 Å². The van der Waals surface area contributed by atoms with E-state index in [1.165, 1.54) is 0 Å². The number of anilines is 2. The van der Waals surface area contributed by atoms with Crippen LogP contribution < -0.4 is 15.8 Å². The van der Waals surface area contributed by atoms with Crippen LogP contribution >= 0.6 is 0 Å². The minimum Gasteiger partial charge on any atom is -0.481 e. The van der Waals surface area contributed by atoms with Gasteiger partial charge < -0.3 is 15.8 Å². The largest absolute Gasteiger partial charge is 0.481 e. The number of para-hydroxylation sites is 1. The van der Waals surface area contributed by atoms with Gasteiger partial charge in [-0.1, -0.05) is 18.2 Å². The summed E-state index contributed by atoms with van der Waals surface area (Å²) >= 11 is 0. The predicted octanol–water partition coefficient (Wildman–Crippen LogP) is 3.29. The number of rotatable bonds is 4. The van der Waals surface area contributed by atoms with Crippen LogP contribution in [0.1, 0.15) is 18.1 Å². The second-order valence-electron chi connectivity index (χ2n) is 5.09. The van der Waals surface area contributed by atoms with E-state index < -0.39 is 6.10 Å². The minimum atomic E-state index is -0.581. The molecule has 0 bridgehead atoms. The molecule has 0 spiro atoms. The quantitative estimate of drug-likeness (QED) is 0.847. The van der Waals surface area contributed by atoms with Crippen LogP contribution in [0.3, 0.4) is 0 Å². The van der Waals surface area contributed by atoms with Gasteiger partial charge in [-0.3, -0.25) is 4.79 Å². The molecule has 0 radical (unpaired) electrons. The summed E-state index contributed by atoms with van der Waals surface area (Å²) in [4.78, 5) is 12.2. The number of amides is 1. The van der Waals surface area contributed by atoms with Crippen LogP contribution in [0.15, 0.2) is 42.5 Å². The lowest BCUT2D eigenvalue weighted by Gasteiger charge is -2.17. The molecule has 0 saturated heterocycles. The Balaban J connectivity index is 2.04. The van der Waals surface area contributed by atoms with E-state index >= 15 is 0 Å². The van der Waals surface area contributed by atoms with Crippen molar-refractivity contribution in [3.8, 4) is 5.75 Å². The first-order chi connectivity index (χ1) is 9.97. The summed E-state index contributed by atoms with van der Waals surface area (Å²) in [5.74, 6) is 0.528. The second-order valence-corrected chi connectivity index (χ2v) is 5.09. The zero-order chi connectivity index (χ0) is 15.4. The molecule has 2 aromatic carbocycles. The van der Waals surface area contributed by atoms with Crippen LogP contribution in [0.2, 0.25) is 0 Å². The Hall–Kier alpha value is -2.49. The van der Waals surface area contributed by atoms with E-state index in [1.807, 2.05) is 44.2 Å². The third-order valence-electron chi connectivity index (χ3n) is 3.27. The first-order valence-corrected chi connectivity index (χ1v) is 6.86. The average molecular weight is 284 g/mol. The van der Waals surface area contributed by atoms with Crippen molar-refractivity contribution in [2.45, 2.75) is 26.9 Å². The van der Waals surface area contributed by atoms with Crippen LogP contribution in [0.25, 0.3) is 0 Å². The van der Waals surface area contributed by atoms with Crippen LogP contribution in [-0.2, 0) is 4.79 Å². The van der Waals surface area contributed by atoms with Crippen molar-refractivity contribution in [3.63, 3.8) is 0 Å². The van der Waals surface area contributed by atoms with Gasteiger partial charge in [0.05, 0.1) is 0 Å². The highest BCUT2D eigenvalue weighted by molar-refractivity contribution is 5.95. The van der Waals surface area contributed by atoms with Gasteiger partial charge in [0.25, 0.3) is 5.91 Å². The molecule has 2 aromatic rings. The Morgan fingerprint density at radius 2 is 1.86 bits per heavy atom. The molecular formula is C17H20N2O2. The number of ether oxygens (including phenoxy) is 1. The molecule has 0 heterocycles. The summed E-state index contributed by atoms with van der Waals surface area (Å²) in [7, 11) is 0. The van der Waals surface area contributed by atoms with E-state index in [4.69, 9.17) is 10.5 Å². The fourth-order valence-electron chi connectivity index (χ4n) is 1.99. The van der Waals surface area contributed by atoms with Gasteiger partial charge in [-0.15, -0.1) is 0 Å². The normalized spacial score (nSPS) is 11.8. The Morgan fingerprint density at radius 3 is 2.52 bits per heavy atom. The van der Waals surface area contributed by atoms with Crippen molar-refractivity contribution in [3.05, 3.63) is 53.6 Å². The molecule has 1 amide bonds. The fraction of sp³-hybridized carbons (Fsp3) is 0.235. The lowest BCUT2D eigenvalue weighted by Crippen LogP contribution is -2.30. The Labute approximate surface area is 124 Å². The molecule has 0 aliphatic rings. The molecule has 110 valence electrons. The smallest absolute Gasteiger partial charge is 0.265 e. The number of nitrogen functional groups attached to an aromatic ring is 1. The molecule has 0 aromatic heterocycles. The van der Waals surface area contributed by atoms with Crippen molar-refractivity contribution in [2.75, 3.05) is 11.1 Å². The highest BCUT2D eigenvalue weighted by atomic mass is 16.5. The topological polar surface area (TPSA) is 64.3 Å². The summed E-state index contributed by atoms with van der Waals surface area (Å²) in [6.45, 7) is 5.58. The summed E-state index contributed by atoms with van der Waals surface area (Å²) < 4.78 is 5.71. The van der Waals surface area contributed by atoms with E-state index in [0.29, 0.717) is 11.4 Å².